The number of carboxylic acids is 1. The van der Waals surface area contributed by atoms with Gasteiger partial charge >= 0.3 is 5.97 Å². The van der Waals surface area contributed by atoms with Crippen molar-refractivity contribution in [3.63, 3.8) is 0 Å². The van der Waals surface area contributed by atoms with E-state index in [0.717, 1.165) is 16.0 Å². The highest BCUT2D eigenvalue weighted by Crippen LogP contribution is 2.25. The van der Waals surface area contributed by atoms with Gasteiger partial charge in [-0.15, -0.1) is 11.3 Å². The van der Waals surface area contributed by atoms with Crippen LogP contribution in [0.1, 0.15) is 41.3 Å². The molecule has 22 heavy (non-hydrogen) atoms. The number of aryl methyl sites for hydroxylation is 1. The van der Waals surface area contributed by atoms with Crippen LogP contribution in [-0.2, 0) is 9.59 Å². The Labute approximate surface area is 133 Å². The zero-order chi connectivity index (χ0) is 16.1. The van der Waals surface area contributed by atoms with E-state index in [1.807, 2.05) is 55.6 Å². The predicted molar refractivity (Wildman–Crippen MR) is 87.0 cm³/mol. The Hall–Kier alpha value is -2.14. The van der Waals surface area contributed by atoms with E-state index in [0.29, 0.717) is 0 Å². The molecule has 1 aromatic heterocycles. The molecule has 0 spiro atoms. The van der Waals surface area contributed by atoms with Gasteiger partial charge < -0.3 is 10.4 Å². The minimum Gasteiger partial charge on any atom is -0.481 e. The van der Waals surface area contributed by atoms with E-state index in [-0.39, 0.29) is 18.2 Å². The molecular weight excluding hydrogens is 298 g/mol. The van der Waals surface area contributed by atoms with Gasteiger partial charge in [-0.05, 0) is 36.4 Å². The topological polar surface area (TPSA) is 66.4 Å². The Morgan fingerprint density at radius 3 is 2.55 bits per heavy atom. The molecule has 0 saturated carbocycles. The molecule has 1 aromatic carbocycles. The fraction of sp³-hybridized carbons (Fsp3) is 0.294. The summed E-state index contributed by atoms with van der Waals surface area (Å²) in [5.74, 6) is -1.38. The number of carboxylic acid groups (broad SMARTS) is 1. The zero-order valence-corrected chi connectivity index (χ0v) is 13.4. The van der Waals surface area contributed by atoms with Crippen molar-refractivity contribution in [3.8, 4) is 0 Å². The van der Waals surface area contributed by atoms with Crippen LogP contribution in [0.4, 0.5) is 0 Å². The maximum absolute atomic E-state index is 12.4. The van der Waals surface area contributed by atoms with E-state index in [1.165, 1.54) is 11.3 Å². The molecular formula is C17H19NO3S. The number of rotatable bonds is 6. The SMILES string of the molecule is Cc1ccccc1[C@H](CC(=O)O)NC(=O)[C@H](C)c1cccs1. The van der Waals surface area contributed by atoms with Crippen LogP contribution in [0.15, 0.2) is 41.8 Å². The summed E-state index contributed by atoms with van der Waals surface area (Å²) in [6.07, 6.45) is -0.131. The lowest BCUT2D eigenvalue weighted by Gasteiger charge is -2.21. The summed E-state index contributed by atoms with van der Waals surface area (Å²) in [4.78, 5) is 24.5. The molecule has 2 N–H and O–H groups in total. The largest absolute Gasteiger partial charge is 0.481 e. The molecule has 0 bridgehead atoms. The first-order chi connectivity index (χ1) is 10.5. The normalized spacial score (nSPS) is 13.4. The quantitative estimate of drug-likeness (QED) is 0.857. The Morgan fingerprint density at radius 1 is 1.23 bits per heavy atom. The van der Waals surface area contributed by atoms with Crippen LogP contribution in [0.5, 0.6) is 0 Å². The van der Waals surface area contributed by atoms with Gasteiger partial charge in [-0.2, -0.15) is 0 Å². The van der Waals surface area contributed by atoms with Crippen LogP contribution in [0.3, 0.4) is 0 Å². The standard InChI is InChI=1S/C17H19NO3S/c1-11-6-3-4-7-13(11)14(10-16(19)20)18-17(21)12(2)15-8-5-9-22-15/h3-9,12,14H,10H2,1-2H3,(H,18,21)(H,19,20)/t12-,14+/m1/s1. The fourth-order valence-electron chi connectivity index (χ4n) is 2.35. The lowest BCUT2D eigenvalue weighted by Crippen LogP contribution is -2.33. The summed E-state index contributed by atoms with van der Waals surface area (Å²) in [7, 11) is 0. The van der Waals surface area contributed by atoms with Gasteiger partial charge in [-0.1, -0.05) is 30.3 Å². The molecule has 4 nitrogen and oxygen atoms in total. The van der Waals surface area contributed by atoms with E-state index in [9.17, 15) is 9.59 Å². The van der Waals surface area contributed by atoms with E-state index in [4.69, 9.17) is 5.11 Å². The van der Waals surface area contributed by atoms with Crippen molar-refractivity contribution in [2.24, 2.45) is 0 Å². The predicted octanol–water partition coefficient (Wildman–Crippen LogP) is 3.49. The monoisotopic (exact) mass is 317 g/mol. The van der Waals surface area contributed by atoms with Crippen LogP contribution < -0.4 is 5.32 Å². The maximum Gasteiger partial charge on any atom is 0.305 e. The molecule has 0 fully saturated rings. The van der Waals surface area contributed by atoms with Gasteiger partial charge in [0.2, 0.25) is 5.91 Å². The highest BCUT2D eigenvalue weighted by atomic mass is 32.1. The number of amides is 1. The van der Waals surface area contributed by atoms with Gasteiger partial charge in [0.25, 0.3) is 0 Å². The Kier molecular flexibility index (Phi) is 5.33. The minimum absolute atomic E-state index is 0.131. The number of benzene rings is 1. The average molecular weight is 317 g/mol. The lowest BCUT2D eigenvalue weighted by molar-refractivity contribution is -0.137. The van der Waals surface area contributed by atoms with Gasteiger partial charge in [-0.25, -0.2) is 0 Å². The molecule has 5 heteroatoms. The first kappa shape index (κ1) is 16.2. The Bertz CT molecular complexity index is 652. The summed E-state index contributed by atoms with van der Waals surface area (Å²) >= 11 is 1.52. The van der Waals surface area contributed by atoms with Crippen LogP contribution >= 0.6 is 11.3 Å². The molecule has 2 rings (SSSR count). The number of aliphatic carboxylic acids is 1. The third kappa shape index (κ3) is 3.95. The molecule has 116 valence electrons. The smallest absolute Gasteiger partial charge is 0.305 e. The van der Waals surface area contributed by atoms with Crippen molar-refractivity contribution in [1.82, 2.24) is 5.32 Å². The number of carbonyl (C=O) groups excluding carboxylic acids is 1. The molecule has 0 aliphatic carbocycles. The fourth-order valence-corrected chi connectivity index (χ4v) is 3.14. The molecule has 2 atom stereocenters. The number of carbonyl (C=O) groups is 2. The third-order valence-corrected chi connectivity index (χ3v) is 4.68. The minimum atomic E-state index is -0.933. The van der Waals surface area contributed by atoms with Crippen molar-refractivity contribution in [1.29, 1.82) is 0 Å². The van der Waals surface area contributed by atoms with E-state index < -0.39 is 12.0 Å². The lowest BCUT2D eigenvalue weighted by atomic mass is 9.98. The number of nitrogens with one attached hydrogen (secondary N) is 1. The third-order valence-electron chi connectivity index (χ3n) is 3.62. The summed E-state index contributed by atoms with van der Waals surface area (Å²) in [5.41, 5.74) is 1.81. The van der Waals surface area contributed by atoms with Crippen molar-refractivity contribution in [3.05, 3.63) is 57.8 Å². The van der Waals surface area contributed by atoms with Gasteiger partial charge in [0.15, 0.2) is 0 Å². The average Bonchev–Trinajstić information content (AvgIpc) is 3.00. The van der Waals surface area contributed by atoms with Crippen molar-refractivity contribution < 1.29 is 14.7 Å². The molecule has 2 aromatic rings. The van der Waals surface area contributed by atoms with E-state index in [2.05, 4.69) is 5.32 Å². The number of hydrogen-bond acceptors (Lipinski definition) is 3. The molecule has 0 aliphatic heterocycles. The zero-order valence-electron chi connectivity index (χ0n) is 12.6. The first-order valence-electron chi connectivity index (χ1n) is 7.10. The van der Waals surface area contributed by atoms with E-state index >= 15 is 0 Å². The highest BCUT2D eigenvalue weighted by molar-refractivity contribution is 7.10. The molecule has 0 radical (unpaired) electrons. The van der Waals surface area contributed by atoms with Gasteiger partial charge in [0.1, 0.15) is 0 Å². The second kappa shape index (κ2) is 7.22. The molecule has 0 saturated heterocycles. The number of thiophene rings is 1. The number of hydrogen-bond donors (Lipinski definition) is 2. The summed E-state index contributed by atoms with van der Waals surface area (Å²) in [5, 5.41) is 13.9. The highest BCUT2D eigenvalue weighted by Gasteiger charge is 2.23. The second-order valence-electron chi connectivity index (χ2n) is 5.25. The van der Waals surface area contributed by atoms with Gasteiger partial charge in [-0.3, -0.25) is 9.59 Å². The van der Waals surface area contributed by atoms with Crippen molar-refractivity contribution >= 4 is 23.2 Å². The Morgan fingerprint density at radius 2 is 1.95 bits per heavy atom. The maximum atomic E-state index is 12.4. The summed E-state index contributed by atoms with van der Waals surface area (Å²) in [6, 6.07) is 10.8. The molecule has 1 amide bonds. The van der Waals surface area contributed by atoms with Gasteiger partial charge in [0, 0.05) is 4.88 Å². The summed E-state index contributed by atoms with van der Waals surface area (Å²) in [6.45, 7) is 3.75. The van der Waals surface area contributed by atoms with Gasteiger partial charge in [0.05, 0.1) is 18.4 Å². The van der Waals surface area contributed by atoms with E-state index in [1.54, 1.807) is 0 Å². The van der Waals surface area contributed by atoms with Crippen LogP contribution in [0.2, 0.25) is 0 Å². The second-order valence-corrected chi connectivity index (χ2v) is 6.23. The Balaban J connectivity index is 2.18. The van der Waals surface area contributed by atoms with Crippen molar-refractivity contribution in [2.45, 2.75) is 32.2 Å². The van der Waals surface area contributed by atoms with Crippen LogP contribution in [0.25, 0.3) is 0 Å². The van der Waals surface area contributed by atoms with Crippen LogP contribution in [-0.4, -0.2) is 17.0 Å². The molecule has 1 heterocycles. The summed E-state index contributed by atoms with van der Waals surface area (Å²) < 4.78 is 0. The molecule has 0 unspecified atom stereocenters. The molecule has 0 aliphatic rings. The first-order valence-corrected chi connectivity index (χ1v) is 7.98. The van der Waals surface area contributed by atoms with Crippen LogP contribution in [0, 0.1) is 6.92 Å². The van der Waals surface area contributed by atoms with Crippen molar-refractivity contribution in [2.75, 3.05) is 0 Å².